The number of benzene rings is 1. The molecule has 0 radical (unpaired) electrons. The van der Waals surface area contributed by atoms with Crippen molar-refractivity contribution in [1.29, 1.82) is 0 Å². The van der Waals surface area contributed by atoms with Gasteiger partial charge in [-0.2, -0.15) is 8.42 Å². The van der Waals surface area contributed by atoms with Crippen LogP contribution in [0.25, 0.3) is 0 Å². The zero-order valence-corrected chi connectivity index (χ0v) is 22.0. The Morgan fingerprint density at radius 3 is 2.92 bits per heavy atom. The van der Waals surface area contributed by atoms with Crippen LogP contribution in [0.3, 0.4) is 0 Å². The third kappa shape index (κ3) is 5.85. The normalized spacial score (nSPS) is 23.5. The average Bonchev–Trinajstić information content (AvgIpc) is 3.43. The summed E-state index contributed by atoms with van der Waals surface area (Å²) in [6.07, 6.45) is 3.67. The molecule has 1 fully saturated rings. The number of aliphatic hydroxyl groups is 1. The molecule has 1 aliphatic carbocycles. The van der Waals surface area contributed by atoms with Crippen molar-refractivity contribution in [1.82, 2.24) is 15.3 Å². The van der Waals surface area contributed by atoms with Crippen molar-refractivity contribution in [3.8, 4) is 0 Å². The van der Waals surface area contributed by atoms with Crippen LogP contribution in [0.1, 0.15) is 50.8 Å². The molecule has 1 aliphatic heterocycles. The average molecular weight is 564 g/mol. The highest BCUT2D eigenvalue weighted by Gasteiger charge is 2.35. The van der Waals surface area contributed by atoms with Crippen molar-refractivity contribution in [2.24, 2.45) is 11.1 Å². The van der Waals surface area contributed by atoms with Gasteiger partial charge >= 0.3 is 10.3 Å². The van der Waals surface area contributed by atoms with E-state index in [0.29, 0.717) is 27.9 Å². The summed E-state index contributed by atoms with van der Waals surface area (Å²) < 4.78 is 27.4. The smallest absolute Gasteiger partial charge is 0.333 e. The van der Waals surface area contributed by atoms with Gasteiger partial charge in [0.05, 0.1) is 33.5 Å². The summed E-state index contributed by atoms with van der Waals surface area (Å²) in [7, 11) is -4.10. The molecule has 0 spiro atoms. The Hall–Kier alpha value is -2.45. The van der Waals surface area contributed by atoms with E-state index in [1.807, 2.05) is 18.2 Å². The molecule has 0 amide bonds. The molecule has 13 heteroatoms. The number of nitrogens with two attached hydrogens (primary N) is 1. The molecular formula is C24H26ClN5O5S2. The van der Waals surface area contributed by atoms with Crippen molar-refractivity contribution in [3.63, 3.8) is 0 Å². The van der Waals surface area contributed by atoms with Crippen LogP contribution in [0, 0.1) is 5.92 Å². The molecule has 196 valence electrons. The van der Waals surface area contributed by atoms with Gasteiger partial charge in [0, 0.05) is 30.3 Å². The Balaban J connectivity index is 1.34. The number of fused-ring (bicyclic) bond motifs is 1. The third-order valence-electron chi connectivity index (χ3n) is 6.76. The molecule has 1 aromatic carbocycles. The van der Waals surface area contributed by atoms with Gasteiger partial charge in [-0.25, -0.2) is 15.1 Å². The van der Waals surface area contributed by atoms with E-state index in [1.165, 1.54) is 29.4 Å². The number of aromatic nitrogens is 2. The maximum Gasteiger partial charge on any atom is 0.333 e. The molecule has 0 saturated heterocycles. The maximum atomic E-state index is 13.5. The highest BCUT2D eigenvalue weighted by Crippen LogP contribution is 2.39. The Morgan fingerprint density at radius 1 is 1.30 bits per heavy atom. The number of halogens is 1. The number of carbonyl (C=O) groups excluding carboxylic acids is 1. The summed E-state index contributed by atoms with van der Waals surface area (Å²) in [5.41, 5.74) is 3.54. The standard InChI is InChI=1S/C24H26ClN5O5S2/c25-23-17(21-16-4-2-1-3-13(16)5-6-28-21)9-20(36-23)22(32)18-10-27-12-29-24(18)30-15-7-14(19(31)8-15)11-35-37(26,33)34/h1-4,9-10,12,14-15,19,21,28,31H,5-8,11H2,(H2,26,33,34)(H,27,29,30)/t14-,15-,19+,21-/m1/s1. The third-order valence-corrected chi connectivity index (χ3v) is 8.61. The number of rotatable bonds is 8. The summed E-state index contributed by atoms with van der Waals surface area (Å²) in [6, 6.07) is 9.68. The SMILES string of the molecule is NS(=O)(=O)OC[C@H]1C[C@@H](Nc2ncncc2C(=O)c2cc([C@@H]3NCCc4ccccc43)c(Cl)s2)C[C@@H]1O. The molecule has 37 heavy (non-hydrogen) atoms. The zero-order valence-electron chi connectivity index (χ0n) is 19.6. The minimum absolute atomic E-state index is 0.101. The van der Waals surface area contributed by atoms with E-state index in [1.54, 1.807) is 0 Å². The molecule has 3 heterocycles. The molecule has 0 unspecified atom stereocenters. The van der Waals surface area contributed by atoms with E-state index in [0.717, 1.165) is 24.1 Å². The second-order valence-corrected chi connectivity index (χ2v) is 12.1. The summed E-state index contributed by atoms with van der Waals surface area (Å²) >= 11 is 7.85. The van der Waals surface area contributed by atoms with Crippen molar-refractivity contribution < 1.29 is 22.5 Å². The number of thiophene rings is 1. The number of hydrogen-bond acceptors (Lipinski definition) is 10. The maximum absolute atomic E-state index is 13.5. The van der Waals surface area contributed by atoms with Crippen molar-refractivity contribution in [3.05, 3.63) is 74.3 Å². The predicted molar refractivity (Wildman–Crippen MR) is 140 cm³/mol. The van der Waals surface area contributed by atoms with Crippen molar-refractivity contribution >= 4 is 44.8 Å². The van der Waals surface area contributed by atoms with Gasteiger partial charge in [-0.05, 0) is 36.5 Å². The predicted octanol–water partition coefficient (Wildman–Crippen LogP) is 2.43. The largest absolute Gasteiger partial charge is 0.393 e. The molecule has 3 aromatic rings. The molecule has 5 N–H and O–H groups in total. The summed E-state index contributed by atoms with van der Waals surface area (Å²) in [5, 5.41) is 22.0. The Labute approximate surface area is 223 Å². The molecule has 4 atom stereocenters. The molecule has 1 saturated carbocycles. The van der Waals surface area contributed by atoms with Gasteiger partial charge in [-0.1, -0.05) is 35.9 Å². The van der Waals surface area contributed by atoms with Gasteiger partial charge in [-0.15, -0.1) is 11.3 Å². The topological polar surface area (TPSA) is 157 Å². The molecule has 2 aromatic heterocycles. The van der Waals surface area contributed by atoms with Crippen LogP contribution < -0.4 is 15.8 Å². The van der Waals surface area contributed by atoms with Crippen LogP contribution in [0.4, 0.5) is 5.82 Å². The fraction of sp³-hybridized carbons (Fsp3) is 0.375. The number of anilines is 1. The monoisotopic (exact) mass is 563 g/mol. The van der Waals surface area contributed by atoms with Gasteiger partial charge in [0.15, 0.2) is 0 Å². The lowest BCUT2D eigenvalue weighted by atomic mass is 9.91. The van der Waals surface area contributed by atoms with Crippen molar-refractivity contribution in [2.45, 2.75) is 37.5 Å². The van der Waals surface area contributed by atoms with Gasteiger partial charge < -0.3 is 15.7 Å². The molecule has 2 aliphatic rings. The molecule has 0 bridgehead atoms. The van der Waals surface area contributed by atoms with E-state index in [2.05, 4.69) is 36.9 Å². The van der Waals surface area contributed by atoms with Gasteiger partial charge in [-0.3, -0.25) is 8.98 Å². The van der Waals surface area contributed by atoms with Crippen molar-refractivity contribution in [2.75, 3.05) is 18.5 Å². The first-order valence-corrected chi connectivity index (χ1v) is 14.4. The van der Waals surface area contributed by atoms with Gasteiger partial charge in [0.25, 0.3) is 0 Å². The number of ketones is 1. The first-order valence-electron chi connectivity index (χ1n) is 11.8. The molecule has 10 nitrogen and oxygen atoms in total. The first kappa shape index (κ1) is 26.2. The Kier molecular flexibility index (Phi) is 7.59. The van der Waals surface area contributed by atoms with E-state index >= 15 is 0 Å². The fourth-order valence-electron chi connectivity index (χ4n) is 4.99. The highest BCUT2D eigenvalue weighted by molar-refractivity contribution is 7.84. The van der Waals surface area contributed by atoms with E-state index in [9.17, 15) is 18.3 Å². The second-order valence-electron chi connectivity index (χ2n) is 9.21. The first-order chi connectivity index (χ1) is 17.7. The summed E-state index contributed by atoms with van der Waals surface area (Å²) in [5.74, 6) is -0.364. The lowest BCUT2D eigenvalue weighted by Gasteiger charge is -2.26. The van der Waals surface area contributed by atoms with E-state index < -0.39 is 22.3 Å². The number of nitrogens with zero attached hydrogens (tertiary/aromatic N) is 2. The lowest BCUT2D eigenvalue weighted by Crippen LogP contribution is -2.30. The van der Waals surface area contributed by atoms with Crippen LogP contribution in [0.5, 0.6) is 0 Å². The second kappa shape index (κ2) is 10.7. The van der Waals surface area contributed by atoms with Gasteiger partial charge in [0.1, 0.15) is 12.1 Å². The van der Waals surface area contributed by atoms with E-state index in [4.69, 9.17) is 16.7 Å². The fourth-order valence-corrected chi connectivity index (χ4v) is 6.65. The number of aliphatic hydroxyl groups excluding tert-OH is 1. The van der Waals surface area contributed by atoms with Crippen LogP contribution >= 0.6 is 22.9 Å². The van der Waals surface area contributed by atoms with E-state index in [-0.39, 0.29) is 30.0 Å². The van der Waals surface area contributed by atoms with Crippen LogP contribution in [-0.2, 0) is 20.9 Å². The number of carbonyl (C=O) groups is 1. The van der Waals surface area contributed by atoms with Crippen LogP contribution in [0.15, 0.2) is 42.9 Å². The van der Waals surface area contributed by atoms with Crippen LogP contribution in [0.2, 0.25) is 4.34 Å². The summed E-state index contributed by atoms with van der Waals surface area (Å²) in [4.78, 5) is 22.3. The summed E-state index contributed by atoms with van der Waals surface area (Å²) in [6.45, 7) is 0.594. The molecular weight excluding hydrogens is 538 g/mol. The Bertz CT molecular complexity index is 1420. The highest BCUT2D eigenvalue weighted by atomic mass is 35.5. The Morgan fingerprint density at radius 2 is 2.11 bits per heavy atom. The quantitative estimate of drug-likeness (QED) is 0.302. The van der Waals surface area contributed by atoms with Gasteiger partial charge in [0.2, 0.25) is 5.78 Å². The minimum Gasteiger partial charge on any atom is -0.393 e. The lowest BCUT2D eigenvalue weighted by molar-refractivity contribution is 0.101. The number of nitrogens with one attached hydrogen (secondary N) is 2. The number of hydrogen-bond donors (Lipinski definition) is 4. The zero-order chi connectivity index (χ0) is 26.2. The van der Waals surface area contributed by atoms with Crippen LogP contribution in [-0.4, -0.2) is 54.6 Å². The minimum atomic E-state index is -4.10. The molecule has 5 rings (SSSR count).